The maximum Gasteiger partial charge on any atom is 0.434 e. The molecule has 4 heterocycles. The third-order valence-corrected chi connectivity index (χ3v) is 6.94. The molecule has 1 aromatic carbocycles. The maximum absolute atomic E-state index is 15.5. The van der Waals surface area contributed by atoms with Crippen molar-refractivity contribution in [1.82, 2.24) is 29.5 Å². The van der Waals surface area contributed by atoms with E-state index >= 15 is 8.78 Å². The molecule has 3 aromatic heterocycles. The molecule has 0 radical (unpaired) electrons. The predicted molar refractivity (Wildman–Crippen MR) is 133 cm³/mol. The van der Waals surface area contributed by atoms with Crippen molar-refractivity contribution in [2.75, 3.05) is 20.3 Å². The molecule has 0 spiro atoms. The van der Waals surface area contributed by atoms with Gasteiger partial charge in [0.2, 0.25) is 11.8 Å². The number of rotatable bonds is 8. The van der Waals surface area contributed by atoms with Gasteiger partial charge in [-0.2, -0.15) is 18.2 Å². The summed E-state index contributed by atoms with van der Waals surface area (Å²) >= 11 is 0. The SMILES string of the molecule is COc1ncnc(C2CC2)c1-c1ncc(C2(F)COC2)c(OCc2ccc(-c3nc(C(F)(F)F)cn3C)c(F)c2)n1. The van der Waals surface area contributed by atoms with Crippen LogP contribution in [0.5, 0.6) is 11.8 Å². The van der Waals surface area contributed by atoms with Crippen LogP contribution in [0.2, 0.25) is 0 Å². The monoisotopic (exact) mass is 574 g/mol. The average molecular weight is 575 g/mol. The Morgan fingerprint density at radius 1 is 1.10 bits per heavy atom. The molecule has 2 fully saturated rings. The molecular formula is C27H23F5N6O3. The number of methoxy groups -OCH3 is 1. The molecule has 0 unspecified atom stereocenters. The molecular weight excluding hydrogens is 551 g/mol. The van der Waals surface area contributed by atoms with E-state index in [2.05, 4.69) is 24.9 Å². The molecule has 1 saturated heterocycles. The summed E-state index contributed by atoms with van der Waals surface area (Å²) in [6.45, 7) is -0.627. The Bertz CT molecular complexity index is 1620. The molecule has 1 saturated carbocycles. The maximum atomic E-state index is 15.5. The lowest BCUT2D eigenvalue weighted by Crippen LogP contribution is -2.43. The Labute approximate surface area is 230 Å². The topological polar surface area (TPSA) is 97.1 Å². The fourth-order valence-electron chi connectivity index (χ4n) is 4.59. The Balaban J connectivity index is 1.31. The van der Waals surface area contributed by atoms with Crippen LogP contribution < -0.4 is 9.47 Å². The average Bonchev–Trinajstić information content (AvgIpc) is 3.70. The first-order chi connectivity index (χ1) is 19.6. The van der Waals surface area contributed by atoms with Crippen LogP contribution in [-0.4, -0.2) is 49.8 Å². The van der Waals surface area contributed by atoms with Crippen LogP contribution in [0, 0.1) is 5.82 Å². The lowest BCUT2D eigenvalue weighted by molar-refractivity contribution is -0.140. The number of aromatic nitrogens is 6. The van der Waals surface area contributed by atoms with Gasteiger partial charge in [-0.3, -0.25) is 0 Å². The molecule has 41 heavy (non-hydrogen) atoms. The number of benzene rings is 1. The van der Waals surface area contributed by atoms with Gasteiger partial charge in [0.15, 0.2) is 17.2 Å². The Morgan fingerprint density at radius 3 is 2.49 bits per heavy atom. The van der Waals surface area contributed by atoms with Gasteiger partial charge in [-0.25, -0.2) is 28.7 Å². The summed E-state index contributed by atoms with van der Waals surface area (Å²) in [6, 6.07) is 3.92. The van der Waals surface area contributed by atoms with Crippen molar-refractivity contribution >= 4 is 0 Å². The zero-order valence-corrected chi connectivity index (χ0v) is 21.9. The van der Waals surface area contributed by atoms with E-state index in [1.54, 1.807) is 0 Å². The molecule has 1 aliphatic heterocycles. The van der Waals surface area contributed by atoms with Gasteiger partial charge in [0, 0.05) is 25.4 Å². The Morgan fingerprint density at radius 2 is 1.88 bits per heavy atom. The molecule has 0 atom stereocenters. The number of nitrogens with zero attached hydrogens (tertiary/aromatic N) is 6. The summed E-state index contributed by atoms with van der Waals surface area (Å²) in [6.07, 6.45) is 0.735. The number of halogens is 5. The molecule has 2 aliphatic rings. The number of ether oxygens (including phenoxy) is 3. The van der Waals surface area contributed by atoms with Crippen LogP contribution in [0.4, 0.5) is 22.0 Å². The second-order valence-corrected chi connectivity index (χ2v) is 9.95. The zero-order chi connectivity index (χ0) is 28.9. The Hall–Kier alpha value is -4.20. The van der Waals surface area contributed by atoms with Crippen LogP contribution in [0.15, 0.2) is 36.9 Å². The van der Waals surface area contributed by atoms with Crippen molar-refractivity contribution in [1.29, 1.82) is 0 Å². The second-order valence-electron chi connectivity index (χ2n) is 9.95. The van der Waals surface area contributed by atoms with Gasteiger partial charge in [0.1, 0.15) is 30.1 Å². The molecule has 214 valence electrons. The van der Waals surface area contributed by atoms with Crippen molar-refractivity contribution in [2.45, 2.75) is 37.2 Å². The molecule has 0 bridgehead atoms. The number of hydrogen-bond donors (Lipinski definition) is 0. The van der Waals surface area contributed by atoms with Gasteiger partial charge in [-0.15, -0.1) is 0 Å². The van der Waals surface area contributed by atoms with Crippen molar-refractivity contribution in [3.63, 3.8) is 0 Å². The number of imidazole rings is 1. The highest BCUT2D eigenvalue weighted by Crippen LogP contribution is 2.46. The van der Waals surface area contributed by atoms with Gasteiger partial charge in [-0.05, 0) is 30.5 Å². The smallest absolute Gasteiger partial charge is 0.434 e. The van der Waals surface area contributed by atoms with Crippen molar-refractivity contribution < 1.29 is 36.2 Å². The molecule has 9 nitrogen and oxygen atoms in total. The fraction of sp³-hybridized carbons (Fsp3) is 0.370. The number of hydrogen-bond acceptors (Lipinski definition) is 8. The predicted octanol–water partition coefficient (Wildman–Crippen LogP) is 5.15. The molecule has 1 aliphatic carbocycles. The summed E-state index contributed by atoms with van der Waals surface area (Å²) in [7, 11) is 2.81. The van der Waals surface area contributed by atoms with Gasteiger partial charge >= 0.3 is 6.18 Å². The highest BCUT2D eigenvalue weighted by atomic mass is 19.4. The summed E-state index contributed by atoms with van der Waals surface area (Å²) in [5, 5.41) is 0. The summed E-state index contributed by atoms with van der Waals surface area (Å²) in [4.78, 5) is 21.0. The van der Waals surface area contributed by atoms with E-state index < -0.39 is 23.4 Å². The van der Waals surface area contributed by atoms with Crippen LogP contribution in [0.25, 0.3) is 22.8 Å². The molecule has 14 heteroatoms. The van der Waals surface area contributed by atoms with Crippen LogP contribution in [-0.2, 0) is 30.2 Å². The molecule has 6 rings (SSSR count). The van der Waals surface area contributed by atoms with Gasteiger partial charge < -0.3 is 18.8 Å². The van der Waals surface area contributed by atoms with Crippen LogP contribution in [0.1, 0.15) is 41.3 Å². The fourth-order valence-corrected chi connectivity index (χ4v) is 4.59. The Kier molecular flexibility index (Phi) is 6.59. The van der Waals surface area contributed by atoms with E-state index in [-0.39, 0.29) is 60.3 Å². The van der Waals surface area contributed by atoms with E-state index in [9.17, 15) is 13.2 Å². The van der Waals surface area contributed by atoms with Crippen molar-refractivity contribution in [3.8, 4) is 34.5 Å². The molecule has 0 amide bonds. The minimum Gasteiger partial charge on any atom is -0.480 e. The van der Waals surface area contributed by atoms with E-state index in [1.165, 1.54) is 38.8 Å². The minimum absolute atomic E-state index is 0.0704. The highest BCUT2D eigenvalue weighted by molar-refractivity contribution is 5.66. The van der Waals surface area contributed by atoms with Crippen LogP contribution in [0.3, 0.4) is 0 Å². The van der Waals surface area contributed by atoms with Crippen LogP contribution >= 0.6 is 0 Å². The van der Waals surface area contributed by atoms with E-state index in [0.29, 0.717) is 11.1 Å². The normalized spacial score (nSPS) is 16.4. The second kappa shape index (κ2) is 10.0. The largest absolute Gasteiger partial charge is 0.480 e. The van der Waals surface area contributed by atoms with Gasteiger partial charge in [-0.1, -0.05) is 6.07 Å². The van der Waals surface area contributed by atoms with Gasteiger partial charge in [0.25, 0.3) is 0 Å². The standard InChI is InChI=1S/C27H23F5N6O3/c1-38-9-19(27(30,31)32)36-23(38)16-6-3-14(7-18(16)28)10-41-24-17(26(29)11-40-12-26)8-33-22(37-24)20-21(15-4-5-15)34-13-35-25(20)39-2/h3,6-9,13,15H,4-5,10-12H2,1-2H3. The first-order valence-corrected chi connectivity index (χ1v) is 12.6. The third kappa shape index (κ3) is 5.07. The van der Waals surface area contributed by atoms with Crippen molar-refractivity contribution in [2.24, 2.45) is 7.05 Å². The first-order valence-electron chi connectivity index (χ1n) is 12.6. The number of alkyl halides is 4. The minimum atomic E-state index is -4.66. The zero-order valence-electron chi connectivity index (χ0n) is 21.9. The summed E-state index contributed by atoms with van der Waals surface area (Å²) in [5.41, 5.74) is -1.50. The van der Waals surface area contributed by atoms with Gasteiger partial charge in [0.05, 0.1) is 37.1 Å². The summed E-state index contributed by atoms with van der Waals surface area (Å²) < 4.78 is 87.2. The quantitative estimate of drug-likeness (QED) is 0.267. The lowest BCUT2D eigenvalue weighted by atomic mass is 9.96. The highest BCUT2D eigenvalue weighted by Gasteiger charge is 2.44. The molecule has 4 aromatic rings. The third-order valence-electron chi connectivity index (χ3n) is 6.94. The van der Waals surface area contributed by atoms with Crippen molar-refractivity contribution in [3.05, 3.63) is 65.3 Å². The van der Waals surface area contributed by atoms with E-state index in [1.807, 2.05) is 0 Å². The van der Waals surface area contributed by atoms with E-state index in [0.717, 1.165) is 35.4 Å². The molecule has 0 N–H and O–H groups in total. The van der Waals surface area contributed by atoms with E-state index in [4.69, 9.17) is 14.2 Å². The number of aryl methyl sites for hydroxylation is 1. The lowest BCUT2D eigenvalue weighted by Gasteiger charge is -2.34. The summed E-state index contributed by atoms with van der Waals surface area (Å²) in [5.74, 6) is -0.398. The first kappa shape index (κ1) is 27.0.